The minimum Gasteiger partial charge on any atom is -0.487 e. The normalized spacial score (nSPS) is 26.5. The molecule has 1 fully saturated rings. The number of benzene rings is 1. The zero-order valence-electron chi connectivity index (χ0n) is 14.2. The van der Waals surface area contributed by atoms with Crippen molar-refractivity contribution in [3.05, 3.63) is 29.8 Å². The monoisotopic (exact) mass is 332 g/mol. The van der Waals surface area contributed by atoms with Gasteiger partial charge in [-0.1, -0.05) is 18.2 Å². The zero-order chi connectivity index (χ0) is 17.2. The zero-order valence-corrected chi connectivity index (χ0v) is 14.2. The number of hydrogen-bond acceptors (Lipinski definition) is 4. The summed E-state index contributed by atoms with van der Waals surface area (Å²) in [6, 6.07) is 7.66. The first kappa shape index (κ1) is 16.8. The number of ether oxygens (including phenoxy) is 2. The van der Waals surface area contributed by atoms with E-state index in [1.54, 1.807) is 4.90 Å². The highest BCUT2D eigenvalue weighted by Gasteiger charge is 2.43. The second-order valence-corrected chi connectivity index (χ2v) is 6.65. The molecule has 2 atom stereocenters. The Morgan fingerprint density at radius 2 is 2.21 bits per heavy atom. The highest BCUT2D eigenvalue weighted by Crippen LogP contribution is 2.44. The maximum atomic E-state index is 12.0. The summed E-state index contributed by atoms with van der Waals surface area (Å²) in [7, 11) is 3.34. The third kappa shape index (κ3) is 3.38. The van der Waals surface area contributed by atoms with Crippen LogP contribution < -0.4 is 10.1 Å². The quantitative estimate of drug-likeness (QED) is 0.914. The molecule has 0 bridgehead atoms. The van der Waals surface area contributed by atoms with Crippen molar-refractivity contribution in [3.8, 4) is 5.75 Å². The Kier molecular flexibility index (Phi) is 4.76. The van der Waals surface area contributed by atoms with Crippen molar-refractivity contribution in [1.29, 1.82) is 0 Å². The smallest absolute Gasteiger partial charge is 0.246 e. The van der Waals surface area contributed by atoms with Crippen molar-refractivity contribution < 1.29 is 19.1 Å². The van der Waals surface area contributed by atoms with E-state index < -0.39 is 5.60 Å². The van der Waals surface area contributed by atoms with Crippen molar-refractivity contribution in [2.45, 2.75) is 37.3 Å². The summed E-state index contributed by atoms with van der Waals surface area (Å²) in [5, 5.41) is 3.05. The summed E-state index contributed by atoms with van der Waals surface area (Å²) in [4.78, 5) is 25.8. The molecule has 2 unspecified atom stereocenters. The second-order valence-electron chi connectivity index (χ2n) is 6.65. The molecule has 6 nitrogen and oxygen atoms in total. The molecule has 0 aliphatic carbocycles. The number of para-hydroxylation sites is 1. The van der Waals surface area contributed by atoms with Crippen LogP contribution in [0.25, 0.3) is 0 Å². The lowest BCUT2D eigenvalue weighted by Crippen LogP contribution is -2.46. The van der Waals surface area contributed by atoms with Crippen LogP contribution in [0.3, 0.4) is 0 Å². The number of hydrogen-bond donors (Lipinski definition) is 1. The number of fused-ring (bicyclic) bond motifs is 1. The van der Waals surface area contributed by atoms with E-state index in [9.17, 15) is 9.59 Å². The van der Waals surface area contributed by atoms with Gasteiger partial charge in [-0.15, -0.1) is 0 Å². The van der Waals surface area contributed by atoms with Crippen LogP contribution in [0.2, 0.25) is 0 Å². The number of likely N-dealkylation sites (tertiary alicyclic amines) is 1. The van der Waals surface area contributed by atoms with Gasteiger partial charge < -0.3 is 19.7 Å². The molecular weight excluding hydrogens is 308 g/mol. The van der Waals surface area contributed by atoms with E-state index in [4.69, 9.17) is 9.47 Å². The topological polar surface area (TPSA) is 67.9 Å². The fourth-order valence-corrected chi connectivity index (χ4v) is 3.57. The van der Waals surface area contributed by atoms with E-state index in [0.717, 1.165) is 17.7 Å². The number of amides is 2. The lowest BCUT2D eigenvalue weighted by Gasteiger charge is -2.42. The van der Waals surface area contributed by atoms with Crippen molar-refractivity contribution in [1.82, 2.24) is 10.2 Å². The molecular formula is C18H24N2O4. The fourth-order valence-electron chi connectivity index (χ4n) is 3.57. The Balaban J connectivity index is 1.86. The van der Waals surface area contributed by atoms with Crippen LogP contribution in [-0.4, -0.2) is 49.6 Å². The van der Waals surface area contributed by atoms with Gasteiger partial charge in [0.05, 0.1) is 6.04 Å². The van der Waals surface area contributed by atoms with Gasteiger partial charge in [-0.05, 0) is 12.5 Å². The number of methoxy groups -OCH3 is 1. The van der Waals surface area contributed by atoms with Gasteiger partial charge >= 0.3 is 0 Å². The first-order valence-corrected chi connectivity index (χ1v) is 8.33. The highest BCUT2D eigenvalue weighted by molar-refractivity contribution is 5.78. The molecule has 3 rings (SSSR count). The third-order valence-electron chi connectivity index (χ3n) is 4.93. The number of carbonyl (C=O) groups is 2. The Hall–Kier alpha value is -2.08. The number of nitrogens with one attached hydrogen (secondary N) is 1. The summed E-state index contributed by atoms with van der Waals surface area (Å²) in [6.07, 6.45) is 2.57. The van der Waals surface area contributed by atoms with Gasteiger partial charge in [0.2, 0.25) is 11.8 Å². The van der Waals surface area contributed by atoms with Crippen LogP contribution in [0.1, 0.15) is 37.3 Å². The average Bonchev–Trinajstić information content (AvgIpc) is 2.69. The maximum absolute atomic E-state index is 12.0. The highest BCUT2D eigenvalue weighted by atomic mass is 16.5. The molecule has 0 radical (unpaired) electrons. The van der Waals surface area contributed by atoms with E-state index >= 15 is 0 Å². The average molecular weight is 332 g/mol. The van der Waals surface area contributed by atoms with Gasteiger partial charge in [0.25, 0.3) is 0 Å². The first-order chi connectivity index (χ1) is 11.5. The van der Waals surface area contributed by atoms with Gasteiger partial charge in [0.15, 0.2) is 0 Å². The van der Waals surface area contributed by atoms with Gasteiger partial charge in [-0.3, -0.25) is 9.59 Å². The van der Waals surface area contributed by atoms with Crippen LogP contribution in [0.4, 0.5) is 0 Å². The fraction of sp³-hybridized carbons (Fsp3) is 0.556. The van der Waals surface area contributed by atoms with Crippen molar-refractivity contribution in [2.75, 3.05) is 27.3 Å². The minimum absolute atomic E-state index is 0.0355. The largest absolute Gasteiger partial charge is 0.487 e. The van der Waals surface area contributed by atoms with Crippen molar-refractivity contribution >= 4 is 11.8 Å². The number of carbonyl (C=O) groups excluding carboxylic acids is 2. The molecule has 1 N–H and O–H groups in total. The molecule has 1 saturated heterocycles. The van der Waals surface area contributed by atoms with E-state index in [-0.39, 0.29) is 24.5 Å². The van der Waals surface area contributed by atoms with Crippen molar-refractivity contribution in [2.24, 2.45) is 0 Å². The Labute approximate surface area is 142 Å². The van der Waals surface area contributed by atoms with E-state index in [2.05, 4.69) is 5.32 Å². The molecule has 2 amide bonds. The first-order valence-electron chi connectivity index (χ1n) is 8.33. The van der Waals surface area contributed by atoms with E-state index in [0.29, 0.717) is 25.8 Å². The summed E-state index contributed by atoms with van der Waals surface area (Å²) in [5.74, 6) is 0.800. The summed E-state index contributed by atoms with van der Waals surface area (Å²) >= 11 is 0. The molecule has 1 spiro atoms. The molecule has 0 saturated carbocycles. The van der Waals surface area contributed by atoms with Gasteiger partial charge in [-0.2, -0.15) is 0 Å². The summed E-state index contributed by atoms with van der Waals surface area (Å²) in [5.41, 5.74) is 0.566. The SMILES string of the molecule is COCC(=O)NC1CC2(CCC(=O)N(C)CC2)Oc2ccccc21. The van der Waals surface area contributed by atoms with Crippen LogP contribution in [0, 0.1) is 0 Å². The second kappa shape index (κ2) is 6.81. The molecule has 1 aromatic carbocycles. The van der Waals surface area contributed by atoms with Crippen molar-refractivity contribution in [3.63, 3.8) is 0 Å². The van der Waals surface area contributed by atoms with E-state index in [1.807, 2.05) is 31.3 Å². The standard InChI is InChI=1S/C18H24N2O4/c1-20-10-9-18(8-7-17(20)22)11-14(19-16(21)12-23-2)13-5-3-4-6-15(13)24-18/h3-6,14H,7-12H2,1-2H3,(H,19,21). The molecule has 24 heavy (non-hydrogen) atoms. The molecule has 2 aliphatic rings. The van der Waals surface area contributed by atoms with Gasteiger partial charge in [0.1, 0.15) is 18.0 Å². The summed E-state index contributed by atoms with van der Waals surface area (Å²) < 4.78 is 11.3. The molecule has 2 heterocycles. The van der Waals surface area contributed by atoms with Crippen LogP contribution in [0.5, 0.6) is 5.75 Å². The molecule has 130 valence electrons. The third-order valence-corrected chi connectivity index (χ3v) is 4.93. The Bertz CT molecular complexity index is 633. The lowest BCUT2D eigenvalue weighted by molar-refractivity contribution is -0.129. The van der Waals surface area contributed by atoms with Crippen LogP contribution in [0.15, 0.2) is 24.3 Å². The van der Waals surface area contributed by atoms with Crippen LogP contribution >= 0.6 is 0 Å². The lowest BCUT2D eigenvalue weighted by atomic mass is 9.82. The van der Waals surface area contributed by atoms with E-state index in [1.165, 1.54) is 7.11 Å². The predicted molar refractivity (Wildman–Crippen MR) is 88.7 cm³/mol. The van der Waals surface area contributed by atoms with Gasteiger partial charge in [-0.25, -0.2) is 0 Å². The molecule has 2 aliphatic heterocycles. The van der Waals surface area contributed by atoms with Gasteiger partial charge in [0, 0.05) is 45.5 Å². The number of rotatable bonds is 3. The Morgan fingerprint density at radius 3 is 3.00 bits per heavy atom. The predicted octanol–water partition coefficient (Wildman–Crippen LogP) is 1.65. The van der Waals surface area contributed by atoms with Crippen LogP contribution in [-0.2, 0) is 14.3 Å². The maximum Gasteiger partial charge on any atom is 0.246 e. The molecule has 0 aromatic heterocycles. The Morgan fingerprint density at radius 1 is 1.42 bits per heavy atom. The number of nitrogens with zero attached hydrogens (tertiary/aromatic N) is 1. The summed E-state index contributed by atoms with van der Waals surface area (Å²) in [6.45, 7) is 0.702. The molecule has 6 heteroatoms. The molecule has 1 aromatic rings. The minimum atomic E-state index is -0.417.